The van der Waals surface area contributed by atoms with Crippen LogP contribution in [0.25, 0.3) is 10.9 Å². The number of piperidine rings is 1. The molecule has 1 aromatic heterocycles. The highest BCUT2D eigenvalue weighted by Gasteiger charge is 2.51. The number of aromatic nitrogens is 1. The van der Waals surface area contributed by atoms with E-state index in [-0.39, 0.29) is 18.6 Å². The van der Waals surface area contributed by atoms with Gasteiger partial charge in [0.1, 0.15) is 0 Å². The lowest BCUT2D eigenvalue weighted by molar-refractivity contribution is -0.150. The lowest BCUT2D eigenvalue weighted by atomic mass is 9.64. The van der Waals surface area contributed by atoms with Gasteiger partial charge in [0.2, 0.25) is 0 Å². The average molecular weight is 340 g/mol. The Balaban J connectivity index is 1.65. The molecule has 5 rings (SSSR count). The molecular formula is C21H28N2O2. The summed E-state index contributed by atoms with van der Waals surface area (Å²) in [6.07, 6.45) is 2.40. The van der Waals surface area contributed by atoms with Gasteiger partial charge in [-0.15, -0.1) is 0 Å². The lowest BCUT2D eigenvalue weighted by Crippen LogP contribution is -2.59. The van der Waals surface area contributed by atoms with E-state index in [4.69, 9.17) is 4.74 Å². The van der Waals surface area contributed by atoms with Crippen molar-refractivity contribution in [1.29, 1.82) is 0 Å². The SMILES string of the molecule is C[C@@H]1OC[C@@H]2[C@H](C[C@H]3c4c(c5ccccc5n4C)C[C@@H]2N3C)[C@H]1CO. The minimum Gasteiger partial charge on any atom is -0.396 e. The van der Waals surface area contributed by atoms with Crippen LogP contribution in [0.4, 0.5) is 0 Å². The first-order valence-corrected chi connectivity index (χ1v) is 9.62. The summed E-state index contributed by atoms with van der Waals surface area (Å²) in [7, 11) is 4.51. The number of aryl methyl sites for hydroxylation is 1. The molecule has 0 amide bonds. The molecule has 6 atom stereocenters. The number of hydrogen-bond donors (Lipinski definition) is 1. The van der Waals surface area contributed by atoms with Gasteiger partial charge in [0, 0.05) is 48.1 Å². The zero-order chi connectivity index (χ0) is 17.3. The standard InChI is InChI=1S/C21H28N2O2/c1-12-16(10-24)14-8-20-21-15(9-19(22(20)2)17(14)11-25-12)13-6-4-5-7-18(13)23(21)3/h4-7,12,14,16-17,19-20,24H,8-11H2,1-3H3/t12-,14+,16-,17+,19-,20-/m0/s1. The fourth-order valence-corrected chi connectivity index (χ4v) is 6.10. The maximum Gasteiger partial charge on any atom is 0.0600 e. The van der Waals surface area contributed by atoms with Gasteiger partial charge in [0.25, 0.3) is 0 Å². The highest BCUT2D eigenvalue weighted by molar-refractivity contribution is 5.86. The molecule has 4 heteroatoms. The first-order valence-electron chi connectivity index (χ1n) is 9.62. The van der Waals surface area contributed by atoms with E-state index in [2.05, 4.69) is 54.8 Å². The number of fused-ring (bicyclic) bond motifs is 8. The summed E-state index contributed by atoms with van der Waals surface area (Å²) < 4.78 is 8.50. The molecule has 0 saturated carbocycles. The Morgan fingerprint density at radius 1 is 1.20 bits per heavy atom. The third-order valence-corrected chi connectivity index (χ3v) is 7.46. The molecule has 2 saturated heterocycles. The molecule has 2 bridgehead atoms. The van der Waals surface area contributed by atoms with Gasteiger partial charge in [0.05, 0.1) is 18.8 Å². The van der Waals surface area contributed by atoms with Crippen LogP contribution in [0.5, 0.6) is 0 Å². The summed E-state index contributed by atoms with van der Waals surface area (Å²) in [6, 6.07) is 9.79. The number of likely N-dealkylation sites (N-methyl/N-ethyl adjacent to an activating group) is 1. The highest BCUT2D eigenvalue weighted by Crippen LogP contribution is 2.52. The summed E-state index contributed by atoms with van der Waals surface area (Å²) in [6.45, 7) is 3.21. The largest absolute Gasteiger partial charge is 0.396 e. The maximum absolute atomic E-state index is 9.99. The van der Waals surface area contributed by atoms with Crippen LogP contribution < -0.4 is 0 Å². The summed E-state index contributed by atoms with van der Waals surface area (Å²) in [5.41, 5.74) is 4.39. The Hall–Kier alpha value is -1.36. The zero-order valence-corrected chi connectivity index (χ0v) is 15.4. The number of rotatable bonds is 1. The van der Waals surface area contributed by atoms with Gasteiger partial charge in [-0.3, -0.25) is 4.90 Å². The fraction of sp³-hybridized carbons (Fsp3) is 0.619. The second kappa shape index (κ2) is 5.57. The molecule has 3 aliphatic rings. The van der Waals surface area contributed by atoms with Crippen LogP contribution in [0.1, 0.15) is 30.6 Å². The van der Waals surface area contributed by atoms with Crippen LogP contribution in [0.2, 0.25) is 0 Å². The second-order valence-electron chi connectivity index (χ2n) is 8.34. The molecule has 4 nitrogen and oxygen atoms in total. The summed E-state index contributed by atoms with van der Waals surface area (Å²) in [4.78, 5) is 2.59. The van der Waals surface area contributed by atoms with Gasteiger partial charge < -0.3 is 14.4 Å². The van der Waals surface area contributed by atoms with Crippen LogP contribution >= 0.6 is 0 Å². The van der Waals surface area contributed by atoms with Gasteiger partial charge in [0.15, 0.2) is 0 Å². The quantitative estimate of drug-likeness (QED) is 0.867. The summed E-state index contributed by atoms with van der Waals surface area (Å²) in [5.74, 6) is 1.36. The Morgan fingerprint density at radius 3 is 2.80 bits per heavy atom. The van der Waals surface area contributed by atoms with E-state index < -0.39 is 0 Å². The zero-order valence-electron chi connectivity index (χ0n) is 15.4. The third kappa shape index (κ3) is 2.05. The molecule has 0 unspecified atom stereocenters. The molecule has 25 heavy (non-hydrogen) atoms. The lowest BCUT2D eigenvalue weighted by Gasteiger charge is -2.56. The van der Waals surface area contributed by atoms with Crippen molar-refractivity contribution in [2.45, 2.75) is 38.0 Å². The van der Waals surface area contributed by atoms with Gasteiger partial charge in [-0.05, 0) is 44.4 Å². The van der Waals surface area contributed by atoms with Gasteiger partial charge in [-0.25, -0.2) is 0 Å². The predicted molar refractivity (Wildman–Crippen MR) is 98.5 cm³/mol. The van der Waals surface area contributed by atoms with Gasteiger partial charge in [-0.1, -0.05) is 18.2 Å². The Kier molecular flexibility index (Phi) is 3.53. The summed E-state index contributed by atoms with van der Waals surface area (Å²) in [5, 5.41) is 11.4. The molecule has 1 N–H and O–H groups in total. The van der Waals surface area contributed by atoms with E-state index in [1.807, 2.05) is 0 Å². The number of ether oxygens (including phenoxy) is 1. The molecule has 134 valence electrons. The van der Waals surface area contributed by atoms with Crippen molar-refractivity contribution in [3.63, 3.8) is 0 Å². The molecule has 0 radical (unpaired) electrons. The summed E-state index contributed by atoms with van der Waals surface area (Å²) >= 11 is 0. The van der Waals surface area contributed by atoms with E-state index in [1.165, 1.54) is 16.6 Å². The van der Waals surface area contributed by atoms with Crippen LogP contribution in [0, 0.1) is 17.8 Å². The van der Waals surface area contributed by atoms with Crippen molar-refractivity contribution in [2.75, 3.05) is 20.3 Å². The van der Waals surface area contributed by atoms with Crippen molar-refractivity contribution in [1.82, 2.24) is 9.47 Å². The molecule has 2 aromatic rings. The Labute approximate surface area is 149 Å². The molecule has 0 spiro atoms. The van der Waals surface area contributed by atoms with Gasteiger partial charge in [-0.2, -0.15) is 0 Å². The van der Waals surface area contributed by atoms with Crippen LogP contribution in [-0.4, -0.2) is 47.0 Å². The molecule has 3 aliphatic heterocycles. The molecule has 4 heterocycles. The topological polar surface area (TPSA) is 37.6 Å². The van der Waals surface area contributed by atoms with Crippen LogP contribution in [-0.2, 0) is 18.2 Å². The molecule has 2 fully saturated rings. The maximum atomic E-state index is 9.99. The van der Waals surface area contributed by atoms with E-state index in [0.29, 0.717) is 23.9 Å². The smallest absolute Gasteiger partial charge is 0.0600 e. The number of aliphatic hydroxyl groups excluding tert-OH is 1. The fourth-order valence-electron chi connectivity index (χ4n) is 6.10. The van der Waals surface area contributed by atoms with Crippen LogP contribution in [0.15, 0.2) is 24.3 Å². The van der Waals surface area contributed by atoms with Crippen molar-refractivity contribution in [3.05, 3.63) is 35.5 Å². The van der Waals surface area contributed by atoms with E-state index in [0.717, 1.165) is 19.4 Å². The van der Waals surface area contributed by atoms with E-state index in [1.54, 1.807) is 5.56 Å². The van der Waals surface area contributed by atoms with Gasteiger partial charge >= 0.3 is 0 Å². The number of para-hydroxylation sites is 1. The minimum atomic E-state index is 0.169. The Bertz CT molecular complexity index is 814. The normalized spacial score (nSPS) is 37.8. The number of nitrogens with zero attached hydrogens (tertiary/aromatic N) is 2. The first-order chi connectivity index (χ1) is 12.1. The third-order valence-electron chi connectivity index (χ3n) is 7.46. The monoisotopic (exact) mass is 340 g/mol. The van der Waals surface area contributed by atoms with Crippen molar-refractivity contribution in [3.8, 4) is 0 Å². The molecular weight excluding hydrogens is 312 g/mol. The van der Waals surface area contributed by atoms with Crippen molar-refractivity contribution >= 4 is 10.9 Å². The minimum absolute atomic E-state index is 0.169. The van der Waals surface area contributed by atoms with E-state index in [9.17, 15) is 5.11 Å². The number of benzene rings is 1. The molecule has 0 aliphatic carbocycles. The number of aliphatic hydroxyl groups is 1. The van der Waals surface area contributed by atoms with Crippen molar-refractivity contribution < 1.29 is 9.84 Å². The van der Waals surface area contributed by atoms with E-state index >= 15 is 0 Å². The average Bonchev–Trinajstić information content (AvgIpc) is 2.88. The van der Waals surface area contributed by atoms with Crippen molar-refractivity contribution in [2.24, 2.45) is 24.8 Å². The Morgan fingerprint density at radius 2 is 2.00 bits per heavy atom. The molecule has 1 aromatic carbocycles. The number of hydrogen-bond acceptors (Lipinski definition) is 3. The highest BCUT2D eigenvalue weighted by atomic mass is 16.5. The first kappa shape index (κ1) is 15.9. The predicted octanol–water partition coefficient (Wildman–Crippen LogP) is 2.74. The second-order valence-corrected chi connectivity index (χ2v) is 8.34. The van der Waals surface area contributed by atoms with Crippen LogP contribution in [0.3, 0.4) is 0 Å².